The van der Waals surface area contributed by atoms with Crippen molar-refractivity contribution < 1.29 is 14.4 Å². The third-order valence-electron chi connectivity index (χ3n) is 4.68. The van der Waals surface area contributed by atoms with Gasteiger partial charge in [-0.25, -0.2) is 0 Å². The van der Waals surface area contributed by atoms with Crippen LogP contribution in [0.1, 0.15) is 52.4 Å². The maximum atomic E-state index is 12.9. The molecule has 2 atom stereocenters. The minimum Gasteiger partial charge on any atom is -0.344 e. The second kappa shape index (κ2) is 16.6. The van der Waals surface area contributed by atoms with Gasteiger partial charge in [0.2, 0.25) is 17.7 Å². The Bertz CT molecular complexity index is 563. The summed E-state index contributed by atoms with van der Waals surface area (Å²) in [5.41, 5.74) is 0.375. The SMILES string of the molecule is C=CC(=C)NC(=O)C(CCCNC)NC(=O)C(NC(=O)CCCCCNC)C(C)C. The van der Waals surface area contributed by atoms with E-state index in [1.165, 1.54) is 6.08 Å². The van der Waals surface area contributed by atoms with Gasteiger partial charge in [0.15, 0.2) is 0 Å². The number of hydrogen-bond acceptors (Lipinski definition) is 5. The van der Waals surface area contributed by atoms with Gasteiger partial charge in [-0.2, -0.15) is 0 Å². The van der Waals surface area contributed by atoms with Gasteiger partial charge in [-0.05, 0) is 64.9 Å². The first kappa shape index (κ1) is 27.8. The van der Waals surface area contributed by atoms with E-state index in [9.17, 15) is 14.4 Å². The molecule has 0 bridgehead atoms. The van der Waals surface area contributed by atoms with E-state index < -0.39 is 12.1 Å². The van der Waals surface area contributed by atoms with Crippen LogP contribution in [0.3, 0.4) is 0 Å². The van der Waals surface area contributed by atoms with Crippen molar-refractivity contribution in [1.82, 2.24) is 26.6 Å². The van der Waals surface area contributed by atoms with Gasteiger partial charge in [-0.15, -0.1) is 0 Å². The molecule has 0 fully saturated rings. The molecule has 30 heavy (non-hydrogen) atoms. The summed E-state index contributed by atoms with van der Waals surface area (Å²) in [6.07, 6.45) is 5.74. The lowest BCUT2D eigenvalue weighted by Gasteiger charge is -2.25. The molecule has 0 aromatic rings. The van der Waals surface area contributed by atoms with Gasteiger partial charge < -0.3 is 26.6 Å². The Morgan fingerprint density at radius 3 is 2.10 bits per heavy atom. The van der Waals surface area contributed by atoms with Gasteiger partial charge in [-0.1, -0.05) is 33.4 Å². The van der Waals surface area contributed by atoms with Crippen LogP contribution in [0.25, 0.3) is 0 Å². The molecule has 0 aliphatic carbocycles. The molecule has 0 aromatic carbocycles. The highest BCUT2D eigenvalue weighted by atomic mass is 16.2. The summed E-state index contributed by atoms with van der Waals surface area (Å²) in [7, 11) is 3.73. The van der Waals surface area contributed by atoms with E-state index in [-0.39, 0.29) is 23.6 Å². The van der Waals surface area contributed by atoms with Crippen LogP contribution in [0.2, 0.25) is 0 Å². The molecule has 5 N–H and O–H groups in total. The van der Waals surface area contributed by atoms with E-state index in [1.807, 2.05) is 27.9 Å². The van der Waals surface area contributed by atoms with Gasteiger partial charge in [0.25, 0.3) is 0 Å². The van der Waals surface area contributed by atoms with Crippen LogP contribution in [0, 0.1) is 5.92 Å². The van der Waals surface area contributed by atoms with E-state index in [4.69, 9.17) is 0 Å². The van der Waals surface area contributed by atoms with Crippen LogP contribution < -0.4 is 26.6 Å². The minimum atomic E-state index is -0.720. The van der Waals surface area contributed by atoms with Gasteiger partial charge >= 0.3 is 0 Å². The molecule has 0 aliphatic rings. The van der Waals surface area contributed by atoms with Gasteiger partial charge in [-0.3, -0.25) is 14.4 Å². The standard InChI is InChI=1S/C22H41N5O3/c1-7-17(4)25-21(29)18(12-11-15-24-6)26-22(30)20(16(2)3)27-19(28)13-9-8-10-14-23-5/h7,16,18,20,23-24H,1,4,8-15H2,2-3,5-6H3,(H,25,29)(H,26,30)(H,27,28). The molecule has 8 nitrogen and oxygen atoms in total. The van der Waals surface area contributed by atoms with Gasteiger partial charge in [0.05, 0.1) is 0 Å². The van der Waals surface area contributed by atoms with Crippen molar-refractivity contribution in [3.63, 3.8) is 0 Å². The summed E-state index contributed by atoms with van der Waals surface area (Å²) in [6, 6.07) is -1.42. The molecule has 0 spiro atoms. The lowest BCUT2D eigenvalue weighted by molar-refractivity contribution is -0.133. The lowest BCUT2D eigenvalue weighted by atomic mass is 10.0. The highest BCUT2D eigenvalue weighted by Gasteiger charge is 2.28. The summed E-state index contributed by atoms with van der Waals surface area (Å²) < 4.78 is 0. The molecule has 0 rings (SSSR count). The zero-order valence-electron chi connectivity index (χ0n) is 19.1. The number of rotatable bonds is 17. The highest BCUT2D eigenvalue weighted by molar-refractivity contribution is 5.92. The maximum absolute atomic E-state index is 12.9. The van der Waals surface area contributed by atoms with Crippen LogP contribution in [0.5, 0.6) is 0 Å². The quantitative estimate of drug-likeness (QED) is 0.178. The fourth-order valence-electron chi connectivity index (χ4n) is 2.85. The predicted octanol–water partition coefficient (Wildman–Crippen LogP) is 1.21. The normalized spacial score (nSPS) is 12.7. The summed E-state index contributed by atoms with van der Waals surface area (Å²) in [5, 5.41) is 14.4. The Morgan fingerprint density at radius 1 is 0.900 bits per heavy atom. The van der Waals surface area contributed by atoms with Crippen LogP contribution in [0.15, 0.2) is 24.9 Å². The Balaban J connectivity index is 4.91. The minimum absolute atomic E-state index is 0.109. The van der Waals surface area contributed by atoms with Crippen molar-refractivity contribution in [3.05, 3.63) is 24.9 Å². The summed E-state index contributed by atoms with van der Waals surface area (Å²) in [5.74, 6) is -0.961. The molecular formula is C22H41N5O3. The summed E-state index contributed by atoms with van der Waals surface area (Å²) in [6.45, 7) is 12.6. The number of amides is 3. The number of hydrogen-bond donors (Lipinski definition) is 5. The summed E-state index contributed by atoms with van der Waals surface area (Å²) in [4.78, 5) is 37.7. The zero-order chi connectivity index (χ0) is 22.9. The average molecular weight is 424 g/mol. The molecule has 0 saturated carbocycles. The Kier molecular flexibility index (Phi) is 15.4. The number of allylic oxidation sites excluding steroid dienone is 1. The topological polar surface area (TPSA) is 111 Å². The van der Waals surface area contributed by atoms with E-state index in [0.717, 1.165) is 32.4 Å². The Labute approximate surface area is 181 Å². The lowest BCUT2D eigenvalue weighted by Crippen LogP contribution is -2.55. The van der Waals surface area contributed by atoms with Gasteiger partial charge in [0, 0.05) is 12.1 Å². The first-order valence-electron chi connectivity index (χ1n) is 10.8. The van der Waals surface area contributed by atoms with Gasteiger partial charge in [0.1, 0.15) is 12.1 Å². The number of carbonyl (C=O) groups is 3. The molecule has 2 unspecified atom stereocenters. The third kappa shape index (κ3) is 12.4. The van der Waals surface area contributed by atoms with Crippen LogP contribution in [0.4, 0.5) is 0 Å². The fourth-order valence-corrected chi connectivity index (χ4v) is 2.85. The first-order valence-corrected chi connectivity index (χ1v) is 10.8. The van der Waals surface area contributed by atoms with Crippen LogP contribution in [-0.2, 0) is 14.4 Å². The number of unbranched alkanes of at least 4 members (excludes halogenated alkanes) is 2. The monoisotopic (exact) mass is 423 g/mol. The van der Waals surface area contributed by atoms with Crippen molar-refractivity contribution >= 4 is 17.7 Å². The van der Waals surface area contributed by atoms with E-state index in [0.29, 0.717) is 25.0 Å². The first-order chi connectivity index (χ1) is 14.3. The molecule has 0 aliphatic heterocycles. The highest BCUT2D eigenvalue weighted by Crippen LogP contribution is 2.07. The molecule has 0 radical (unpaired) electrons. The fraction of sp³-hybridized carbons (Fsp3) is 0.682. The van der Waals surface area contributed by atoms with E-state index in [1.54, 1.807) is 0 Å². The smallest absolute Gasteiger partial charge is 0.246 e. The largest absolute Gasteiger partial charge is 0.344 e. The predicted molar refractivity (Wildman–Crippen MR) is 122 cm³/mol. The Hall–Kier alpha value is -2.19. The Morgan fingerprint density at radius 2 is 1.53 bits per heavy atom. The molecule has 8 heteroatoms. The second-order valence-electron chi connectivity index (χ2n) is 7.73. The van der Waals surface area contributed by atoms with Crippen LogP contribution >= 0.6 is 0 Å². The third-order valence-corrected chi connectivity index (χ3v) is 4.68. The summed E-state index contributed by atoms with van der Waals surface area (Å²) >= 11 is 0. The molecule has 3 amide bonds. The number of nitrogens with one attached hydrogen (secondary N) is 5. The van der Waals surface area contributed by atoms with Crippen molar-refractivity contribution in [2.24, 2.45) is 5.92 Å². The average Bonchev–Trinajstić information content (AvgIpc) is 2.70. The molecule has 0 aromatic heterocycles. The van der Waals surface area contributed by atoms with E-state index >= 15 is 0 Å². The van der Waals surface area contributed by atoms with Crippen molar-refractivity contribution in [1.29, 1.82) is 0 Å². The molecule has 0 heterocycles. The van der Waals surface area contributed by atoms with Crippen LogP contribution in [-0.4, -0.2) is 57.0 Å². The van der Waals surface area contributed by atoms with Crippen molar-refractivity contribution in [2.75, 3.05) is 27.2 Å². The second-order valence-corrected chi connectivity index (χ2v) is 7.73. The maximum Gasteiger partial charge on any atom is 0.246 e. The molecule has 0 saturated heterocycles. The van der Waals surface area contributed by atoms with Crippen molar-refractivity contribution in [3.8, 4) is 0 Å². The molecular weight excluding hydrogens is 382 g/mol. The van der Waals surface area contributed by atoms with E-state index in [2.05, 4.69) is 39.7 Å². The zero-order valence-corrected chi connectivity index (χ0v) is 19.1. The molecule has 172 valence electrons. The van der Waals surface area contributed by atoms with Crippen molar-refractivity contribution in [2.45, 2.75) is 64.5 Å². The number of carbonyl (C=O) groups excluding carboxylic acids is 3.